The summed E-state index contributed by atoms with van der Waals surface area (Å²) in [5.41, 5.74) is 0. The molecule has 0 bridgehead atoms. The van der Waals surface area contributed by atoms with Gasteiger partial charge in [-0.15, -0.1) is 0 Å². The molecule has 0 saturated carbocycles. The average molecular weight is 937 g/mol. The minimum Gasteiger partial charge on any atom is -0.756 e. The van der Waals surface area contributed by atoms with E-state index in [0.29, 0.717) is 17.4 Å². The van der Waals surface area contributed by atoms with Gasteiger partial charge in [0.15, 0.2) is 0 Å². The van der Waals surface area contributed by atoms with Gasteiger partial charge in [-0.2, -0.15) is 0 Å². The number of likely N-dealkylation sites (N-methyl/N-ethyl adjacent to an activating group) is 1. The fourth-order valence-corrected chi connectivity index (χ4v) is 9.04. The summed E-state index contributed by atoms with van der Waals surface area (Å²) in [7, 11) is 1.24. The van der Waals surface area contributed by atoms with E-state index >= 15 is 0 Å². The number of carbonyl (C=O) groups excluding carboxylic acids is 1. The molecule has 0 saturated heterocycles. The van der Waals surface area contributed by atoms with Gasteiger partial charge in [0.1, 0.15) is 13.2 Å². The minimum absolute atomic E-state index is 0.00819. The molecule has 8 nitrogen and oxygen atoms in total. The van der Waals surface area contributed by atoms with Crippen molar-refractivity contribution in [3.63, 3.8) is 0 Å². The minimum atomic E-state index is -4.59. The van der Waals surface area contributed by atoms with Crippen molar-refractivity contribution in [3.05, 3.63) is 36.5 Å². The number of phosphoric acid groups is 1. The summed E-state index contributed by atoms with van der Waals surface area (Å²) in [4.78, 5) is 25.3. The van der Waals surface area contributed by atoms with Crippen molar-refractivity contribution < 1.29 is 32.9 Å². The summed E-state index contributed by atoms with van der Waals surface area (Å²) in [6, 6.07) is -0.905. The highest BCUT2D eigenvalue weighted by molar-refractivity contribution is 7.45. The predicted octanol–water partition coefficient (Wildman–Crippen LogP) is 16.0. The fourth-order valence-electron chi connectivity index (χ4n) is 8.31. The predicted molar refractivity (Wildman–Crippen MR) is 279 cm³/mol. The molecule has 9 heteroatoms. The Bertz CT molecular complexity index is 1150. The van der Waals surface area contributed by atoms with Crippen LogP contribution in [0.4, 0.5) is 0 Å². The van der Waals surface area contributed by atoms with Crippen LogP contribution < -0.4 is 10.2 Å². The highest BCUT2D eigenvalue weighted by Gasteiger charge is 2.23. The SMILES string of the molecule is C/C=C/CC/C=C/CC/C=C/C(O)C(COP(=O)([O-])OCC[N+](C)(C)C)NC(=O)CCCCCCCCCCCCCCCCCCCCCCCCCCCCCCCCCCCC. The van der Waals surface area contributed by atoms with Crippen molar-refractivity contribution in [2.24, 2.45) is 0 Å². The molecular weight excluding hydrogens is 828 g/mol. The third kappa shape index (κ3) is 50.4. The maximum Gasteiger partial charge on any atom is 0.268 e. The summed E-state index contributed by atoms with van der Waals surface area (Å²) in [6.07, 6.45) is 61.4. The number of aliphatic hydroxyl groups is 1. The second-order valence-electron chi connectivity index (χ2n) is 20.3. The van der Waals surface area contributed by atoms with Crippen molar-refractivity contribution in [1.82, 2.24) is 5.32 Å². The zero-order chi connectivity index (χ0) is 47.8. The lowest BCUT2D eigenvalue weighted by molar-refractivity contribution is -0.870. The summed E-state index contributed by atoms with van der Waals surface area (Å²) >= 11 is 0. The first-order chi connectivity index (χ1) is 31.5. The number of rotatable bonds is 51. The zero-order valence-electron chi connectivity index (χ0n) is 43.7. The summed E-state index contributed by atoms with van der Waals surface area (Å²) in [5, 5.41) is 13.7. The lowest BCUT2D eigenvalue weighted by Gasteiger charge is -2.29. The van der Waals surface area contributed by atoms with E-state index in [-0.39, 0.29) is 12.5 Å². The van der Waals surface area contributed by atoms with Crippen LogP contribution in [0, 0.1) is 0 Å². The van der Waals surface area contributed by atoms with Gasteiger partial charge in [0.2, 0.25) is 5.91 Å². The molecule has 3 unspecified atom stereocenters. The molecule has 0 aliphatic rings. The smallest absolute Gasteiger partial charge is 0.268 e. The van der Waals surface area contributed by atoms with Crippen LogP contribution in [0.5, 0.6) is 0 Å². The van der Waals surface area contributed by atoms with Crippen molar-refractivity contribution in [3.8, 4) is 0 Å². The van der Waals surface area contributed by atoms with Crippen molar-refractivity contribution in [1.29, 1.82) is 0 Å². The lowest BCUT2D eigenvalue weighted by Crippen LogP contribution is -2.45. The second-order valence-corrected chi connectivity index (χ2v) is 21.7. The van der Waals surface area contributed by atoms with Crippen LogP contribution in [0.15, 0.2) is 36.5 Å². The molecule has 0 rings (SSSR count). The van der Waals surface area contributed by atoms with E-state index in [4.69, 9.17) is 9.05 Å². The third-order valence-electron chi connectivity index (χ3n) is 12.7. The van der Waals surface area contributed by atoms with Crippen LogP contribution >= 0.6 is 7.82 Å². The molecule has 0 heterocycles. The van der Waals surface area contributed by atoms with Gasteiger partial charge in [0, 0.05) is 6.42 Å². The van der Waals surface area contributed by atoms with Gasteiger partial charge >= 0.3 is 0 Å². The molecule has 2 N–H and O–H groups in total. The molecule has 65 heavy (non-hydrogen) atoms. The Morgan fingerprint density at radius 2 is 0.892 bits per heavy atom. The Hall–Kier alpha value is -1.28. The van der Waals surface area contributed by atoms with E-state index in [1.54, 1.807) is 6.08 Å². The number of allylic oxidation sites excluding steroid dienone is 5. The number of phosphoric ester groups is 1. The number of amides is 1. The zero-order valence-corrected chi connectivity index (χ0v) is 44.6. The van der Waals surface area contributed by atoms with Gasteiger partial charge in [-0.3, -0.25) is 9.36 Å². The molecule has 384 valence electrons. The monoisotopic (exact) mass is 937 g/mol. The number of aliphatic hydroxyl groups excluding tert-OH is 1. The molecule has 0 aromatic heterocycles. The first kappa shape index (κ1) is 63.7. The first-order valence-corrected chi connectivity index (χ1v) is 29.3. The molecule has 0 fully saturated rings. The molecule has 0 aliphatic carbocycles. The van der Waals surface area contributed by atoms with Crippen LogP contribution in [-0.2, 0) is 18.4 Å². The lowest BCUT2D eigenvalue weighted by atomic mass is 10.0. The van der Waals surface area contributed by atoms with Crippen LogP contribution in [0.1, 0.15) is 264 Å². The van der Waals surface area contributed by atoms with Crippen molar-refractivity contribution >= 4 is 13.7 Å². The van der Waals surface area contributed by atoms with Gasteiger partial charge in [-0.1, -0.05) is 255 Å². The topological polar surface area (TPSA) is 108 Å². The Morgan fingerprint density at radius 3 is 1.25 bits per heavy atom. The third-order valence-corrected chi connectivity index (χ3v) is 13.6. The highest BCUT2D eigenvalue weighted by Crippen LogP contribution is 2.38. The quantitative estimate of drug-likeness (QED) is 0.0272. The average Bonchev–Trinajstić information content (AvgIpc) is 3.26. The van der Waals surface area contributed by atoms with E-state index in [2.05, 4.69) is 30.5 Å². The van der Waals surface area contributed by atoms with E-state index in [1.165, 1.54) is 199 Å². The number of nitrogens with zero attached hydrogens (tertiary/aromatic N) is 1. The highest BCUT2D eigenvalue weighted by atomic mass is 31.2. The number of quaternary nitrogens is 1. The molecule has 0 aliphatic heterocycles. The van der Waals surface area contributed by atoms with Crippen LogP contribution in [0.2, 0.25) is 0 Å². The molecule has 0 aromatic rings. The van der Waals surface area contributed by atoms with Crippen LogP contribution in [-0.4, -0.2) is 68.5 Å². The van der Waals surface area contributed by atoms with Gasteiger partial charge in [-0.05, 0) is 39.0 Å². The van der Waals surface area contributed by atoms with Crippen LogP contribution in [0.25, 0.3) is 0 Å². The normalized spacial score (nSPS) is 14.3. The van der Waals surface area contributed by atoms with Gasteiger partial charge in [-0.25, -0.2) is 0 Å². The first-order valence-electron chi connectivity index (χ1n) is 27.8. The van der Waals surface area contributed by atoms with E-state index in [1.807, 2.05) is 40.2 Å². The Balaban J connectivity index is 3.86. The molecule has 0 aromatic carbocycles. The largest absolute Gasteiger partial charge is 0.756 e. The molecular formula is C56H109N2O6P. The van der Waals surface area contributed by atoms with E-state index in [9.17, 15) is 19.4 Å². The van der Waals surface area contributed by atoms with E-state index in [0.717, 1.165) is 44.9 Å². The number of hydrogen-bond donors (Lipinski definition) is 2. The van der Waals surface area contributed by atoms with Crippen molar-refractivity contribution in [2.45, 2.75) is 276 Å². The number of nitrogens with one attached hydrogen (secondary N) is 1. The maximum absolute atomic E-state index is 12.9. The van der Waals surface area contributed by atoms with Gasteiger partial charge < -0.3 is 28.8 Å². The van der Waals surface area contributed by atoms with Gasteiger partial charge in [0.05, 0.1) is 39.9 Å². The number of hydrogen-bond acceptors (Lipinski definition) is 6. The Morgan fingerprint density at radius 1 is 0.554 bits per heavy atom. The summed E-state index contributed by atoms with van der Waals surface area (Å²) < 4.78 is 23.2. The molecule has 0 radical (unpaired) electrons. The fraction of sp³-hybridized carbons (Fsp3) is 0.875. The Labute approximate surface area is 404 Å². The number of carbonyl (C=O) groups is 1. The molecule has 1 amide bonds. The van der Waals surface area contributed by atoms with Crippen molar-refractivity contribution in [2.75, 3.05) is 40.9 Å². The maximum atomic E-state index is 12.9. The summed E-state index contributed by atoms with van der Waals surface area (Å²) in [5.74, 6) is -0.210. The number of unbranched alkanes of at least 4 members (excludes halogenated alkanes) is 35. The van der Waals surface area contributed by atoms with E-state index < -0.39 is 26.6 Å². The molecule has 0 spiro atoms. The molecule has 3 atom stereocenters. The van der Waals surface area contributed by atoms with Crippen LogP contribution in [0.3, 0.4) is 0 Å². The summed E-state index contributed by atoms with van der Waals surface area (Å²) in [6.45, 7) is 4.40. The second kappa shape index (κ2) is 47.8. The standard InChI is InChI=1S/C56H109N2O6P/c1-6-8-10-12-14-16-17-18-19-20-21-22-23-24-25-26-27-28-29-30-31-32-33-34-35-36-37-38-39-40-42-44-46-48-50-56(60)57-54(53-64-65(61,62)63-52-51-58(3,4)5)55(59)49-47-45-43-41-15-13-11-9-7-2/h7,9,15,41,47,49,54-55,59H,6,8,10-14,16-40,42-46,48,50-53H2,1-5H3,(H-,57,60,61,62)/b9-7+,41-15+,49-47+. The van der Waals surface area contributed by atoms with Gasteiger partial charge in [0.25, 0.3) is 7.82 Å². The Kier molecular flexibility index (Phi) is 46.8.